The van der Waals surface area contributed by atoms with E-state index in [4.69, 9.17) is 9.47 Å². The van der Waals surface area contributed by atoms with Gasteiger partial charge < -0.3 is 9.47 Å². The third-order valence-corrected chi connectivity index (χ3v) is 7.60. The first kappa shape index (κ1) is 25.0. The zero-order valence-corrected chi connectivity index (χ0v) is 21.2. The minimum Gasteiger partial charge on any atom is -0.465 e. The predicted molar refractivity (Wildman–Crippen MR) is 133 cm³/mol. The van der Waals surface area contributed by atoms with Crippen molar-refractivity contribution in [2.75, 3.05) is 13.2 Å². The summed E-state index contributed by atoms with van der Waals surface area (Å²) in [5, 5.41) is 0. The van der Waals surface area contributed by atoms with E-state index in [0.717, 1.165) is 10.0 Å². The quantitative estimate of drug-likeness (QED) is 0.286. The highest BCUT2D eigenvalue weighted by atomic mass is 79.9. The van der Waals surface area contributed by atoms with Crippen LogP contribution in [0.3, 0.4) is 0 Å². The first-order valence-electron chi connectivity index (χ1n) is 11.7. The van der Waals surface area contributed by atoms with E-state index in [1.54, 1.807) is 44.2 Å². The summed E-state index contributed by atoms with van der Waals surface area (Å²) in [7, 11) is 0. The molecule has 0 aromatic heterocycles. The maximum atomic E-state index is 13.9. The Morgan fingerprint density at radius 1 is 0.971 bits per heavy atom. The fourth-order valence-corrected chi connectivity index (χ4v) is 6.05. The van der Waals surface area contributed by atoms with E-state index in [-0.39, 0.29) is 36.9 Å². The van der Waals surface area contributed by atoms with Crippen molar-refractivity contribution in [2.24, 2.45) is 17.3 Å². The smallest absolute Gasteiger partial charge is 0.325 e. The fourth-order valence-electron chi connectivity index (χ4n) is 5.79. The maximum absolute atomic E-state index is 13.9. The van der Waals surface area contributed by atoms with Gasteiger partial charge in [-0.15, -0.1) is 0 Å². The van der Waals surface area contributed by atoms with Gasteiger partial charge in [-0.05, 0) is 54.5 Å². The van der Waals surface area contributed by atoms with Crippen LogP contribution in [0, 0.1) is 17.3 Å². The van der Waals surface area contributed by atoms with Crippen LogP contribution in [-0.2, 0) is 28.7 Å². The van der Waals surface area contributed by atoms with Crippen LogP contribution in [0.25, 0.3) is 0 Å². The van der Waals surface area contributed by atoms with Crippen molar-refractivity contribution in [1.82, 2.24) is 0 Å². The molecule has 0 saturated heterocycles. The van der Waals surface area contributed by atoms with E-state index in [1.165, 1.54) is 0 Å². The van der Waals surface area contributed by atoms with Crippen LogP contribution in [0.4, 0.5) is 0 Å². The standard InChI is InChI=1S/C28H27BrO6/c1-3-34-26(32)28(27(33)35-4-2)24(18-10-12-20(29)13-11-18)19(16-30)14-22-21(15-23(31)25(22)28)17-8-6-5-7-9-17/h5-14,16,21-22,24-25H,3-4,15H2,1-2H3/t21-,22-,24-,25+/m1/s1. The van der Waals surface area contributed by atoms with Crippen LogP contribution in [0.5, 0.6) is 0 Å². The van der Waals surface area contributed by atoms with Gasteiger partial charge in [-0.1, -0.05) is 64.5 Å². The lowest BCUT2D eigenvalue weighted by molar-refractivity contribution is -0.181. The van der Waals surface area contributed by atoms with Crippen molar-refractivity contribution >= 4 is 39.9 Å². The summed E-state index contributed by atoms with van der Waals surface area (Å²) in [4.78, 5) is 53.9. The van der Waals surface area contributed by atoms with E-state index in [2.05, 4.69) is 15.9 Å². The average molecular weight is 539 g/mol. The summed E-state index contributed by atoms with van der Waals surface area (Å²) in [6.07, 6.45) is 2.61. The molecule has 2 aromatic rings. The van der Waals surface area contributed by atoms with Gasteiger partial charge in [0.2, 0.25) is 0 Å². The molecule has 2 aliphatic rings. The predicted octanol–water partition coefficient (Wildman–Crippen LogP) is 4.77. The number of aldehydes is 1. The second-order valence-corrected chi connectivity index (χ2v) is 9.74. The lowest BCUT2D eigenvalue weighted by Crippen LogP contribution is -2.57. The summed E-state index contributed by atoms with van der Waals surface area (Å²) in [5.41, 5.74) is -0.276. The molecular weight excluding hydrogens is 512 g/mol. The van der Waals surface area contributed by atoms with Gasteiger partial charge in [-0.3, -0.25) is 19.2 Å². The van der Waals surface area contributed by atoms with Crippen LogP contribution in [-0.4, -0.2) is 37.2 Å². The average Bonchev–Trinajstić information content (AvgIpc) is 3.20. The van der Waals surface area contributed by atoms with E-state index in [9.17, 15) is 19.2 Å². The fraction of sp³-hybridized carbons (Fsp3) is 0.357. The Hall–Kier alpha value is -3.06. The minimum atomic E-state index is -2.02. The lowest BCUT2D eigenvalue weighted by Gasteiger charge is -2.45. The van der Waals surface area contributed by atoms with Crippen LogP contribution in [0.2, 0.25) is 0 Å². The summed E-state index contributed by atoms with van der Waals surface area (Å²) >= 11 is 3.40. The van der Waals surface area contributed by atoms with E-state index >= 15 is 0 Å². The summed E-state index contributed by atoms with van der Waals surface area (Å²) in [6, 6.07) is 16.5. The number of ketones is 1. The molecule has 2 aromatic carbocycles. The molecule has 2 aliphatic carbocycles. The number of hydrogen-bond acceptors (Lipinski definition) is 6. The van der Waals surface area contributed by atoms with Gasteiger partial charge in [0.25, 0.3) is 0 Å². The first-order chi connectivity index (χ1) is 16.9. The number of rotatable bonds is 7. The molecule has 0 spiro atoms. The highest BCUT2D eigenvalue weighted by Crippen LogP contribution is 2.61. The zero-order valence-electron chi connectivity index (χ0n) is 19.6. The Bertz CT molecular complexity index is 1140. The molecule has 0 N–H and O–H groups in total. The third-order valence-electron chi connectivity index (χ3n) is 7.08. The van der Waals surface area contributed by atoms with E-state index in [1.807, 2.05) is 30.3 Å². The molecule has 1 fully saturated rings. The summed E-state index contributed by atoms with van der Waals surface area (Å²) in [6.45, 7) is 3.32. The third kappa shape index (κ3) is 4.16. The van der Waals surface area contributed by atoms with Crippen molar-refractivity contribution in [3.05, 3.63) is 81.8 Å². The number of halogens is 1. The molecule has 0 aliphatic heterocycles. The van der Waals surface area contributed by atoms with Gasteiger partial charge >= 0.3 is 11.9 Å². The SMILES string of the molecule is CCOC(=O)C1(C(=O)OCC)[C@@H]2C(=O)C[C@H](c3ccccc3)[C@H]2C=C(C=O)[C@H]1c1ccc(Br)cc1. The molecule has 1 saturated carbocycles. The van der Waals surface area contributed by atoms with E-state index < -0.39 is 35.1 Å². The Morgan fingerprint density at radius 3 is 2.11 bits per heavy atom. The van der Waals surface area contributed by atoms with Gasteiger partial charge in [-0.2, -0.15) is 0 Å². The van der Waals surface area contributed by atoms with Crippen molar-refractivity contribution in [2.45, 2.75) is 32.1 Å². The number of benzene rings is 2. The van der Waals surface area contributed by atoms with Gasteiger partial charge in [-0.25, -0.2) is 0 Å². The van der Waals surface area contributed by atoms with Crippen molar-refractivity contribution < 1.29 is 28.7 Å². The second-order valence-electron chi connectivity index (χ2n) is 8.82. The summed E-state index contributed by atoms with van der Waals surface area (Å²) < 4.78 is 11.7. The zero-order chi connectivity index (χ0) is 25.2. The van der Waals surface area contributed by atoms with Crippen molar-refractivity contribution in [3.63, 3.8) is 0 Å². The Morgan fingerprint density at radius 2 is 1.57 bits per heavy atom. The van der Waals surface area contributed by atoms with Crippen LogP contribution < -0.4 is 0 Å². The van der Waals surface area contributed by atoms with Crippen molar-refractivity contribution in [1.29, 1.82) is 0 Å². The van der Waals surface area contributed by atoms with Gasteiger partial charge in [0.15, 0.2) is 5.41 Å². The van der Waals surface area contributed by atoms with Crippen LogP contribution in [0.1, 0.15) is 43.2 Å². The second kappa shape index (κ2) is 10.3. The molecule has 4 rings (SSSR count). The topological polar surface area (TPSA) is 86.7 Å². The number of fused-ring (bicyclic) bond motifs is 1. The highest BCUT2D eigenvalue weighted by molar-refractivity contribution is 9.10. The number of carbonyl (C=O) groups is 4. The lowest BCUT2D eigenvalue weighted by atomic mass is 9.54. The van der Waals surface area contributed by atoms with Crippen LogP contribution >= 0.6 is 15.9 Å². The molecule has 0 unspecified atom stereocenters. The number of hydrogen-bond donors (Lipinski definition) is 0. The normalized spacial score (nSPS) is 24.8. The maximum Gasteiger partial charge on any atom is 0.325 e. The number of Topliss-reactive ketones (excluding diaryl/α,β-unsaturated/α-hetero) is 1. The monoisotopic (exact) mass is 538 g/mol. The molecule has 35 heavy (non-hydrogen) atoms. The molecular formula is C28H27BrO6. The van der Waals surface area contributed by atoms with Gasteiger partial charge in [0, 0.05) is 16.8 Å². The minimum absolute atomic E-state index is 0.0148. The molecule has 0 radical (unpaired) electrons. The molecule has 7 heteroatoms. The van der Waals surface area contributed by atoms with Crippen LogP contribution in [0.15, 0.2) is 70.7 Å². The van der Waals surface area contributed by atoms with Gasteiger partial charge in [0.1, 0.15) is 12.1 Å². The largest absolute Gasteiger partial charge is 0.465 e. The first-order valence-corrected chi connectivity index (χ1v) is 12.5. The molecule has 0 amide bonds. The Balaban J connectivity index is 2.02. The molecule has 0 heterocycles. The number of carbonyl (C=O) groups excluding carboxylic acids is 4. The number of ether oxygens (including phenoxy) is 2. The highest BCUT2D eigenvalue weighted by Gasteiger charge is 2.69. The molecule has 182 valence electrons. The number of allylic oxidation sites excluding steroid dienone is 2. The Kier molecular flexibility index (Phi) is 7.36. The Labute approximate surface area is 212 Å². The molecule has 4 atom stereocenters. The van der Waals surface area contributed by atoms with E-state index in [0.29, 0.717) is 11.8 Å². The van der Waals surface area contributed by atoms with Gasteiger partial charge in [0.05, 0.1) is 19.1 Å². The summed E-state index contributed by atoms with van der Waals surface area (Å²) in [5.74, 6) is -4.75. The molecule has 6 nitrogen and oxygen atoms in total. The molecule has 0 bridgehead atoms. The number of esters is 2. The van der Waals surface area contributed by atoms with Crippen molar-refractivity contribution in [3.8, 4) is 0 Å².